The number of carbonyl (C=O) groups is 2. The van der Waals surface area contributed by atoms with E-state index in [4.69, 9.17) is 9.47 Å². The van der Waals surface area contributed by atoms with E-state index < -0.39 is 35.9 Å². The highest BCUT2D eigenvalue weighted by molar-refractivity contribution is 5.88. The van der Waals surface area contributed by atoms with Crippen LogP contribution in [0.5, 0.6) is 5.75 Å². The molecule has 1 aliphatic rings. The molecular formula is C23H26F4N4O4. The highest BCUT2D eigenvalue weighted by Gasteiger charge is 2.41. The van der Waals surface area contributed by atoms with Gasteiger partial charge in [0.05, 0.1) is 31.6 Å². The first-order valence-electron chi connectivity index (χ1n) is 10.9. The van der Waals surface area contributed by atoms with Gasteiger partial charge in [-0.2, -0.15) is 13.2 Å². The molecule has 0 radical (unpaired) electrons. The normalized spacial score (nSPS) is 18.5. The number of Topliss-reactive ketones (excluding diaryl/α,β-unsaturated/α-hetero) is 1. The summed E-state index contributed by atoms with van der Waals surface area (Å²) in [4.78, 5) is 37.3. The molecule has 0 spiro atoms. The quantitative estimate of drug-likeness (QED) is 0.545. The number of alkyl halides is 4. The molecule has 8 nitrogen and oxygen atoms in total. The molecule has 1 fully saturated rings. The minimum atomic E-state index is -4.66. The number of halogens is 4. The third-order valence-electron chi connectivity index (χ3n) is 5.26. The van der Waals surface area contributed by atoms with Gasteiger partial charge in [-0.25, -0.2) is 19.2 Å². The van der Waals surface area contributed by atoms with Crippen molar-refractivity contribution in [2.24, 2.45) is 0 Å². The number of methoxy groups -OCH3 is 1. The van der Waals surface area contributed by atoms with Gasteiger partial charge in [0.15, 0.2) is 5.78 Å². The second-order valence-electron chi connectivity index (χ2n) is 9.12. The van der Waals surface area contributed by atoms with Crippen LogP contribution in [0.4, 0.5) is 22.4 Å². The Balaban J connectivity index is 1.75. The highest BCUT2D eigenvalue weighted by atomic mass is 19.4. The second kappa shape index (κ2) is 10.1. The summed E-state index contributed by atoms with van der Waals surface area (Å²) in [6, 6.07) is 0.617. The molecule has 0 saturated carbocycles. The van der Waals surface area contributed by atoms with Crippen molar-refractivity contribution >= 4 is 11.9 Å². The van der Waals surface area contributed by atoms with Crippen molar-refractivity contribution in [1.82, 2.24) is 19.9 Å². The zero-order valence-electron chi connectivity index (χ0n) is 19.7. The first kappa shape index (κ1) is 26.3. The van der Waals surface area contributed by atoms with Gasteiger partial charge in [-0.05, 0) is 38.8 Å². The number of amides is 1. The Morgan fingerprint density at radius 2 is 1.77 bits per heavy atom. The fraction of sp³-hybridized carbons (Fsp3) is 0.522. The molecule has 0 aromatic carbocycles. The fourth-order valence-electron chi connectivity index (χ4n) is 3.67. The SMILES string of the molecule is COc1cnc(-c2cnc(C(F)(F)F)nc2)cc1CCC(=O)[C@@H]1C[C@@H](F)CN1C(=O)OC(C)(C)C. The molecule has 2 atom stereocenters. The molecule has 190 valence electrons. The fourth-order valence-corrected chi connectivity index (χ4v) is 3.67. The number of ketones is 1. The Morgan fingerprint density at radius 1 is 1.11 bits per heavy atom. The number of aromatic nitrogens is 3. The number of likely N-dealkylation sites (tertiary alicyclic amines) is 1. The maximum atomic E-state index is 14.1. The van der Waals surface area contributed by atoms with E-state index in [9.17, 15) is 27.2 Å². The molecule has 35 heavy (non-hydrogen) atoms. The lowest BCUT2D eigenvalue weighted by Crippen LogP contribution is -2.43. The predicted molar refractivity (Wildman–Crippen MR) is 116 cm³/mol. The van der Waals surface area contributed by atoms with Crippen LogP contribution in [0.15, 0.2) is 24.7 Å². The Labute approximate surface area is 199 Å². The molecule has 12 heteroatoms. The van der Waals surface area contributed by atoms with Crippen LogP contribution in [0, 0.1) is 0 Å². The van der Waals surface area contributed by atoms with Crippen molar-refractivity contribution in [3.8, 4) is 17.0 Å². The van der Waals surface area contributed by atoms with E-state index in [1.165, 1.54) is 13.3 Å². The summed E-state index contributed by atoms with van der Waals surface area (Å²) >= 11 is 0. The Hall–Kier alpha value is -3.31. The van der Waals surface area contributed by atoms with E-state index in [0.717, 1.165) is 17.3 Å². The molecule has 0 bridgehead atoms. The number of aryl methyl sites for hydroxylation is 1. The molecule has 3 heterocycles. The van der Waals surface area contributed by atoms with Crippen LogP contribution in [0.3, 0.4) is 0 Å². The van der Waals surface area contributed by atoms with Crippen molar-refractivity contribution in [3.63, 3.8) is 0 Å². The topological polar surface area (TPSA) is 94.5 Å². The molecule has 2 aromatic rings. The monoisotopic (exact) mass is 498 g/mol. The van der Waals surface area contributed by atoms with E-state index >= 15 is 0 Å². The zero-order valence-corrected chi connectivity index (χ0v) is 19.7. The maximum absolute atomic E-state index is 14.1. The number of hydrogen-bond donors (Lipinski definition) is 0. The van der Waals surface area contributed by atoms with Gasteiger partial charge in [-0.1, -0.05) is 0 Å². The van der Waals surface area contributed by atoms with Crippen molar-refractivity contribution in [3.05, 3.63) is 36.0 Å². The smallest absolute Gasteiger partial charge is 0.451 e. The number of rotatable bonds is 6. The van der Waals surface area contributed by atoms with Crippen LogP contribution in [0.1, 0.15) is 45.0 Å². The van der Waals surface area contributed by atoms with E-state index in [-0.39, 0.29) is 37.2 Å². The Morgan fingerprint density at radius 3 is 2.34 bits per heavy atom. The number of pyridine rings is 1. The molecule has 0 unspecified atom stereocenters. The lowest BCUT2D eigenvalue weighted by atomic mass is 10.0. The van der Waals surface area contributed by atoms with Gasteiger partial charge < -0.3 is 9.47 Å². The number of nitrogens with zero attached hydrogens (tertiary/aromatic N) is 4. The molecule has 2 aromatic heterocycles. The third-order valence-corrected chi connectivity index (χ3v) is 5.26. The van der Waals surface area contributed by atoms with E-state index in [0.29, 0.717) is 17.0 Å². The molecule has 1 aliphatic heterocycles. The van der Waals surface area contributed by atoms with E-state index in [2.05, 4.69) is 15.0 Å². The molecule has 0 N–H and O–H groups in total. The molecule has 0 aliphatic carbocycles. The van der Waals surface area contributed by atoms with Gasteiger partial charge in [-0.3, -0.25) is 14.7 Å². The van der Waals surface area contributed by atoms with Crippen LogP contribution < -0.4 is 4.74 Å². The van der Waals surface area contributed by atoms with Gasteiger partial charge in [0.2, 0.25) is 5.82 Å². The van der Waals surface area contributed by atoms with Gasteiger partial charge in [0.1, 0.15) is 17.5 Å². The first-order chi connectivity index (χ1) is 16.3. The summed E-state index contributed by atoms with van der Waals surface area (Å²) in [5.74, 6) is -1.24. The van der Waals surface area contributed by atoms with Crippen molar-refractivity contribution in [2.45, 2.75) is 64.0 Å². The summed E-state index contributed by atoms with van der Waals surface area (Å²) in [5.41, 5.74) is 0.314. The third kappa shape index (κ3) is 6.64. The van der Waals surface area contributed by atoms with Crippen LogP contribution in [0.2, 0.25) is 0 Å². The van der Waals surface area contributed by atoms with Crippen LogP contribution in [0.25, 0.3) is 11.3 Å². The standard InChI is InChI=1S/C23H26F4N4O4/c1-22(2,3)35-21(33)31-12-15(24)8-17(31)18(32)6-5-13-7-16(28-11-19(13)34-4)14-9-29-20(30-10-14)23(25,26)27/h7,9-11,15,17H,5-6,8,12H2,1-4H3/t15-,17+/m1/s1. The maximum Gasteiger partial charge on any atom is 0.451 e. The highest BCUT2D eigenvalue weighted by Crippen LogP contribution is 2.29. The van der Waals surface area contributed by atoms with Crippen LogP contribution in [-0.2, 0) is 22.1 Å². The molecule has 1 amide bonds. The van der Waals surface area contributed by atoms with Gasteiger partial charge >= 0.3 is 12.3 Å². The minimum absolute atomic E-state index is 0.0278. The van der Waals surface area contributed by atoms with Gasteiger partial charge in [0, 0.05) is 30.8 Å². The average molecular weight is 498 g/mol. The Bertz CT molecular complexity index is 1070. The van der Waals surface area contributed by atoms with Crippen molar-refractivity contribution < 1.29 is 36.6 Å². The first-order valence-corrected chi connectivity index (χ1v) is 10.9. The van der Waals surface area contributed by atoms with Gasteiger partial charge in [-0.15, -0.1) is 0 Å². The molecular weight excluding hydrogens is 472 g/mol. The second-order valence-corrected chi connectivity index (χ2v) is 9.12. The van der Waals surface area contributed by atoms with Crippen molar-refractivity contribution in [2.75, 3.05) is 13.7 Å². The number of ether oxygens (including phenoxy) is 2. The molecule has 3 rings (SSSR count). The summed E-state index contributed by atoms with van der Waals surface area (Å²) < 4.78 is 62.9. The largest absolute Gasteiger partial charge is 0.495 e. The van der Waals surface area contributed by atoms with E-state index in [1.807, 2.05) is 0 Å². The van der Waals surface area contributed by atoms with Gasteiger partial charge in [0.25, 0.3) is 0 Å². The summed E-state index contributed by atoms with van der Waals surface area (Å²) in [6.45, 7) is 4.82. The average Bonchev–Trinajstić information content (AvgIpc) is 3.17. The lowest BCUT2D eigenvalue weighted by molar-refractivity contribution is -0.145. The summed E-state index contributed by atoms with van der Waals surface area (Å²) in [6.07, 6.45) is -3.30. The van der Waals surface area contributed by atoms with Crippen LogP contribution >= 0.6 is 0 Å². The van der Waals surface area contributed by atoms with Crippen LogP contribution in [-0.4, -0.2) is 63.2 Å². The van der Waals surface area contributed by atoms with Crippen molar-refractivity contribution in [1.29, 1.82) is 0 Å². The summed E-state index contributed by atoms with van der Waals surface area (Å²) in [5, 5.41) is 0. The summed E-state index contributed by atoms with van der Waals surface area (Å²) in [7, 11) is 1.41. The predicted octanol–water partition coefficient (Wildman–Crippen LogP) is 4.42. The lowest BCUT2D eigenvalue weighted by Gasteiger charge is -2.27. The molecule has 1 saturated heterocycles. The Kier molecular flexibility index (Phi) is 7.61. The number of carbonyl (C=O) groups excluding carboxylic acids is 2. The zero-order chi connectivity index (χ0) is 26.0. The van der Waals surface area contributed by atoms with E-state index in [1.54, 1.807) is 26.8 Å². The number of hydrogen-bond acceptors (Lipinski definition) is 7. The minimum Gasteiger partial charge on any atom is -0.495 e.